The van der Waals surface area contributed by atoms with E-state index in [1.165, 1.54) is 0 Å². The van der Waals surface area contributed by atoms with E-state index in [0.717, 1.165) is 0 Å². The van der Waals surface area contributed by atoms with Gasteiger partial charge in [-0.2, -0.15) is 0 Å². The van der Waals surface area contributed by atoms with Crippen LogP contribution in [0.5, 0.6) is 5.75 Å². The van der Waals surface area contributed by atoms with E-state index in [0.29, 0.717) is 34.1 Å². The standard InChI is InChI=1S/C12H10ClNO3/c1-8-5-10(14-17-8)7-16-12-9(6-15)3-2-4-11(12)13/h2-6H,7H2,1H3. The van der Waals surface area contributed by atoms with Crippen LogP contribution >= 0.6 is 11.6 Å². The summed E-state index contributed by atoms with van der Waals surface area (Å²) in [6, 6.07) is 6.76. The van der Waals surface area contributed by atoms with Gasteiger partial charge in [0.2, 0.25) is 0 Å². The zero-order valence-electron chi connectivity index (χ0n) is 9.14. The van der Waals surface area contributed by atoms with Gasteiger partial charge in [0.1, 0.15) is 23.8 Å². The van der Waals surface area contributed by atoms with E-state index in [4.69, 9.17) is 20.9 Å². The molecule has 0 bridgehead atoms. The van der Waals surface area contributed by atoms with Crippen LogP contribution in [0.25, 0.3) is 0 Å². The fourth-order valence-electron chi connectivity index (χ4n) is 1.40. The maximum atomic E-state index is 10.8. The summed E-state index contributed by atoms with van der Waals surface area (Å²) in [4.78, 5) is 10.8. The molecule has 5 heteroatoms. The summed E-state index contributed by atoms with van der Waals surface area (Å²) in [5.41, 5.74) is 1.07. The molecule has 88 valence electrons. The number of nitrogens with zero attached hydrogens (tertiary/aromatic N) is 1. The fourth-order valence-corrected chi connectivity index (χ4v) is 1.64. The highest BCUT2D eigenvalue weighted by Gasteiger charge is 2.09. The summed E-state index contributed by atoms with van der Waals surface area (Å²) in [7, 11) is 0. The third kappa shape index (κ3) is 2.65. The number of aromatic nitrogens is 1. The van der Waals surface area contributed by atoms with Gasteiger partial charge in [0, 0.05) is 6.07 Å². The molecule has 0 N–H and O–H groups in total. The molecule has 1 aromatic carbocycles. The van der Waals surface area contributed by atoms with E-state index in [9.17, 15) is 4.79 Å². The van der Waals surface area contributed by atoms with E-state index in [2.05, 4.69) is 5.16 Å². The van der Waals surface area contributed by atoms with E-state index in [1.54, 1.807) is 31.2 Å². The maximum Gasteiger partial charge on any atom is 0.153 e. The smallest absolute Gasteiger partial charge is 0.153 e. The normalized spacial score (nSPS) is 10.2. The lowest BCUT2D eigenvalue weighted by Gasteiger charge is -2.08. The number of hydrogen-bond acceptors (Lipinski definition) is 4. The highest BCUT2D eigenvalue weighted by atomic mass is 35.5. The summed E-state index contributed by atoms with van der Waals surface area (Å²) < 4.78 is 10.4. The first-order valence-electron chi connectivity index (χ1n) is 4.99. The van der Waals surface area contributed by atoms with Crippen LogP contribution in [-0.2, 0) is 6.61 Å². The highest BCUT2D eigenvalue weighted by molar-refractivity contribution is 6.32. The molecule has 0 atom stereocenters. The molecule has 0 saturated heterocycles. The van der Waals surface area contributed by atoms with Crippen molar-refractivity contribution >= 4 is 17.9 Å². The third-order valence-corrected chi connectivity index (χ3v) is 2.46. The van der Waals surface area contributed by atoms with Crippen molar-refractivity contribution in [2.24, 2.45) is 0 Å². The second-order valence-electron chi connectivity index (χ2n) is 3.49. The molecule has 0 aliphatic heterocycles. The quantitative estimate of drug-likeness (QED) is 0.784. The molecule has 0 amide bonds. The number of ether oxygens (including phenoxy) is 1. The molecule has 0 fully saturated rings. The Morgan fingerprint density at radius 3 is 3.00 bits per heavy atom. The molecule has 4 nitrogen and oxygen atoms in total. The predicted octanol–water partition coefficient (Wildman–Crippen LogP) is 3.03. The van der Waals surface area contributed by atoms with Crippen LogP contribution < -0.4 is 4.74 Å². The summed E-state index contributed by atoms with van der Waals surface area (Å²) in [6.45, 7) is 2.00. The molecule has 1 heterocycles. The number of hydrogen-bond donors (Lipinski definition) is 0. The SMILES string of the molecule is Cc1cc(COc2c(Cl)cccc2C=O)no1. The molecule has 2 aromatic rings. The monoisotopic (exact) mass is 251 g/mol. The minimum absolute atomic E-state index is 0.210. The Morgan fingerprint density at radius 1 is 1.53 bits per heavy atom. The lowest BCUT2D eigenvalue weighted by molar-refractivity contribution is 0.111. The van der Waals surface area contributed by atoms with Crippen molar-refractivity contribution in [1.29, 1.82) is 0 Å². The number of carbonyl (C=O) groups excluding carboxylic acids is 1. The van der Waals surface area contributed by atoms with Crippen molar-refractivity contribution in [2.45, 2.75) is 13.5 Å². The molecule has 0 spiro atoms. The molecular weight excluding hydrogens is 242 g/mol. The number of aryl methyl sites for hydroxylation is 1. The first-order valence-corrected chi connectivity index (χ1v) is 5.37. The molecule has 0 unspecified atom stereocenters. The molecular formula is C12H10ClNO3. The van der Waals surface area contributed by atoms with Gasteiger partial charge in [-0.1, -0.05) is 22.8 Å². The molecule has 0 saturated carbocycles. The second-order valence-corrected chi connectivity index (χ2v) is 3.90. The summed E-state index contributed by atoms with van der Waals surface area (Å²) in [6.07, 6.45) is 0.704. The van der Waals surface area contributed by atoms with Crippen LogP contribution in [0, 0.1) is 6.92 Å². The van der Waals surface area contributed by atoms with Crippen LogP contribution in [0.15, 0.2) is 28.8 Å². The molecule has 0 aliphatic rings. The zero-order valence-corrected chi connectivity index (χ0v) is 9.90. The van der Waals surface area contributed by atoms with Gasteiger partial charge in [-0.05, 0) is 19.1 Å². The molecule has 17 heavy (non-hydrogen) atoms. The van der Waals surface area contributed by atoms with E-state index in [-0.39, 0.29) is 6.61 Å². The van der Waals surface area contributed by atoms with Gasteiger partial charge < -0.3 is 9.26 Å². The van der Waals surface area contributed by atoms with E-state index >= 15 is 0 Å². The zero-order chi connectivity index (χ0) is 12.3. The van der Waals surface area contributed by atoms with Crippen LogP contribution in [0.3, 0.4) is 0 Å². The summed E-state index contributed by atoms with van der Waals surface area (Å²) >= 11 is 5.95. The summed E-state index contributed by atoms with van der Waals surface area (Å²) in [5, 5.41) is 4.18. The minimum Gasteiger partial charge on any atom is -0.485 e. The van der Waals surface area contributed by atoms with Crippen molar-refractivity contribution in [3.63, 3.8) is 0 Å². The van der Waals surface area contributed by atoms with Crippen molar-refractivity contribution < 1.29 is 14.1 Å². The van der Waals surface area contributed by atoms with Gasteiger partial charge in [0.15, 0.2) is 6.29 Å². The van der Waals surface area contributed by atoms with E-state index in [1.807, 2.05) is 0 Å². The predicted molar refractivity (Wildman–Crippen MR) is 62.4 cm³/mol. The van der Waals surface area contributed by atoms with Crippen molar-refractivity contribution in [3.05, 3.63) is 46.3 Å². The largest absolute Gasteiger partial charge is 0.485 e. The molecule has 0 radical (unpaired) electrons. The Balaban J connectivity index is 2.16. The Morgan fingerprint density at radius 2 is 2.35 bits per heavy atom. The Hall–Kier alpha value is -1.81. The number of aldehydes is 1. The van der Waals surface area contributed by atoms with Gasteiger partial charge in [0.05, 0.1) is 10.6 Å². The topological polar surface area (TPSA) is 52.3 Å². The number of benzene rings is 1. The average Bonchev–Trinajstić information content (AvgIpc) is 2.73. The average molecular weight is 252 g/mol. The third-order valence-electron chi connectivity index (χ3n) is 2.17. The van der Waals surface area contributed by atoms with Crippen LogP contribution in [0.2, 0.25) is 5.02 Å². The van der Waals surface area contributed by atoms with Crippen molar-refractivity contribution in [1.82, 2.24) is 5.16 Å². The second kappa shape index (κ2) is 5.01. The van der Waals surface area contributed by atoms with Crippen LogP contribution in [0.4, 0.5) is 0 Å². The van der Waals surface area contributed by atoms with Gasteiger partial charge >= 0.3 is 0 Å². The van der Waals surface area contributed by atoms with Crippen molar-refractivity contribution in [3.8, 4) is 5.75 Å². The Labute approximate surface area is 103 Å². The van der Waals surface area contributed by atoms with Crippen LogP contribution in [0.1, 0.15) is 21.8 Å². The number of rotatable bonds is 4. The lowest BCUT2D eigenvalue weighted by Crippen LogP contribution is -1.99. The first-order chi connectivity index (χ1) is 8.20. The minimum atomic E-state index is 0.210. The maximum absolute atomic E-state index is 10.8. The molecule has 2 rings (SSSR count). The van der Waals surface area contributed by atoms with Crippen molar-refractivity contribution in [2.75, 3.05) is 0 Å². The van der Waals surface area contributed by atoms with Crippen LogP contribution in [-0.4, -0.2) is 11.4 Å². The first kappa shape index (κ1) is 11.7. The fraction of sp³-hybridized carbons (Fsp3) is 0.167. The van der Waals surface area contributed by atoms with E-state index < -0.39 is 0 Å². The Kier molecular flexibility index (Phi) is 3.44. The van der Waals surface area contributed by atoms with Gasteiger partial charge in [-0.15, -0.1) is 0 Å². The number of para-hydroxylation sites is 1. The molecule has 0 aliphatic carbocycles. The van der Waals surface area contributed by atoms with Gasteiger partial charge in [0.25, 0.3) is 0 Å². The number of carbonyl (C=O) groups is 1. The highest BCUT2D eigenvalue weighted by Crippen LogP contribution is 2.28. The van der Waals surface area contributed by atoms with Gasteiger partial charge in [-0.3, -0.25) is 4.79 Å². The molecule has 1 aromatic heterocycles. The number of halogens is 1. The van der Waals surface area contributed by atoms with Gasteiger partial charge in [-0.25, -0.2) is 0 Å². The lowest BCUT2D eigenvalue weighted by atomic mass is 10.2. The summed E-state index contributed by atoms with van der Waals surface area (Å²) in [5.74, 6) is 1.07. The Bertz CT molecular complexity index is 536.